The highest BCUT2D eigenvalue weighted by Crippen LogP contribution is 2.37. The minimum atomic E-state index is -0.496. The summed E-state index contributed by atoms with van der Waals surface area (Å²) in [6.07, 6.45) is 1.68. The molecule has 21 heavy (non-hydrogen) atoms. The molecule has 2 aromatic rings. The number of H-pyrrole nitrogens is 2. The Labute approximate surface area is 125 Å². The molecule has 3 heterocycles. The normalized spacial score (nSPS) is 18.4. The summed E-state index contributed by atoms with van der Waals surface area (Å²) in [5, 5.41) is 10.7. The molecule has 0 radical (unpaired) electrons. The molecule has 1 atom stereocenters. The summed E-state index contributed by atoms with van der Waals surface area (Å²) in [7, 11) is 1.77. The second-order valence-electron chi connectivity index (χ2n) is 5.10. The number of hydrogen-bond donors (Lipinski definition) is 2. The number of aryl methyl sites for hydroxylation is 2. The van der Waals surface area contributed by atoms with Crippen LogP contribution in [-0.2, 0) is 7.05 Å². The van der Waals surface area contributed by atoms with Gasteiger partial charge in [0.1, 0.15) is 5.15 Å². The fourth-order valence-corrected chi connectivity index (χ4v) is 3.14. The van der Waals surface area contributed by atoms with Gasteiger partial charge in [0.15, 0.2) is 0 Å². The molecule has 9 heteroatoms. The summed E-state index contributed by atoms with van der Waals surface area (Å²) >= 11 is 6.30. The van der Waals surface area contributed by atoms with Crippen molar-refractivity contribution in [1.29, 1.82) is 0 Å². The average molecular weight is 311 g/mol. The lowest BCUT2D eigenvalue weighted by molar-refractivity contribution is 0.0723. The van der Waals surface area contributed by atoms with Gasteiger partial charge in [-0.25, -0.2) is 9.89 Å². The number of amides is 1. The van der Waals surface area contributed by atoms with Gasteiger partial charge >= 0.3 is 5.69 Å². The minimum Gasteiger partial charge on any atom is -0.329 e. The zero-order valence-electron chi connectivity index (χ0n) is 11.7. The molecule has 1 amide bonds. The first kappa shape index (κ1) is 13.9. The van der Waals surface area contributed by atoms with E-state index in [1.165, 1.54) is 0 Å². The van der Waals surface area contributed by atoms with Crippen molar-refractivity contribution in [1.82, 2.24) is 29.9 Å². The average Bonchev–Trinajstić information content (AvgIpc) is 3.11. The van der Waals surface area contributed by atoms with Crippen molar-refractivity contribution in [2.24, 2.45) is 7.05 Å². The van der Waals surface area contributed by atoms with Crippen LogP contribution in [0.1, 0.15) is 40.8 Å². The van der Waals surface area contributed by atoms with Gasteiger partial charge in [0.05, 0.1) is 11.7 Å². The van der Waals surface area contributed by atoms with E-state index in [1.807, 2.05) is 6.92 Å². The van der Waals surface area contributed by atoms with Crippen LogP contribution in [0.15, 0.2) is 4.79 Å². The number of rotatable bonds is 2. The molecular weight excluding hydrogens is 296 g/mol. The third kappa shape index (κ3) is 2.25. The highest BCUT2D eigenvalue weighted by molar-refractivity contribution is 6.30. The van der Waals surface area contributed by atoms with Crippen molar-refractivity contribution in [3.8, 4) is 0 Å². The molecule has 8 nitrogen and oxygen atoms in total. The number of carbonyl (C=O) groups is 1. The molecule has 0 bridgehead atoms. The van der Waals surface area contributed by atoms with Crippen LogP contribution in [0.4, 0.5) is 0 Å². The lowest BCUT2D eigenvalue weighted by Crippen LogP contribution is -2.32. The Balaban J connectivity index is 1.96. The van der Waals surface area contributed by atoms with E-state index in [-0.39, 0.29) is 17.8 Å². The molecule has 3 rings (SSSR count). The van der Waals surface area contributed by atoms with Gasteiger partial charge in [-0.2, -0.15) is 5.10 Å². The van der Waals surface area contributed by atoms with E-state index >= 15 is 0 Å². The van der Waals surface area contributed by atoms with Crippen LogP contribution >= 0.6 is 11.6 Å². The first-order chi connectivity index (χ1) is 9.99. The molecule has 0 saturated carbocycles. The van der Waals surface area contributed by atoms with Crippen molar-refractivity contribution >= 4 is 17.5 Å². The maximum Gasteiger partial charge on any atom is 0.341 e. The van der Waals surface area contributed by atoms with Crippen molar-refractivity contribution in [3.05, 3.63) is 32.7 Å². The van der Waals surface area contributed by atoms with Crippen molar-refractivity contribution in [2.45, 2.75) is 25.8 Å². The number of likely N-dealkylation sites (tertiary alicyclic amines) is 1. The second kappa shape index (κ2) is 5.03. The lowest BCUT2D eigenvalue weighted by atomic mass is 10.1. The van der Waals surface area contributed by atoms with Gasteiger partial charge in [-0.05, 0) is 19.8 Å². The largest absolute Gasteiger partial charge is 0.341 e. The Bertz CT molecular complexity index is 745. The number of aromatic nitrogens is 5. The first-order valence-corrected chi connectivity index (χ1v) is 7.01. The van der Waals surface area contributed by atoms with Crippen LogP contribution < -0.4 is 5.69 Å². The SMILES string of the molecule is Cc1nn(C)c(Cl)c1[C@H]1CCCN1C(=O)c1n[nH]c(=O)[nH]1. The molecule has 2 aromatic heterocycles. The molecule has 1 saturated heterocycles. The molecule has 0 aromatic carbocycles. The summed E-state index contributed by atoms with van der Waals surface area (Å²) in [6.45, 7) is 2.47. The van der Waals surface area contributed by atoms with Gasteiger partial charge in [-0.1, -0.05) is 11.6 Å². The summed E-state index contributed by atoms with van der Waals surface area (Å²) in [4.78, 5) is 27.6. The minimum absolute atomic E-state index is 0.0181. The lowest BCUT2D eigenvalue weighted by Gasteiger charge is -2.23. The molecule has 1 fully saturated rings. The van der Waals surface area contributed by atoms with Crippen molar-refractivity contribution in [3.63, 3.8) is 0 Å². The van der Waals surface area contributed by atoms with Gasteiger partial charge in [0.25, 0.3) is 5.91 Å². The summed E-state index contributed by atoms with van der Waals surface area (Å²) in [5.41, 5.74) is 1.18. The van der Waals surface area contributed by atoms with Gasteiger partial charge < -0.3 is 4.90 Å². The monoisotopic (exact) mass is 310 g/mol. The van der Waals surface area contributed by atoms with E-state index in [0.29, 0.717) is 11.7 Å². The van der Waals surface area contributed by atoms with Crippen LogP contribution in [-0.4, -0.2) is 42.3 Å². The predicted octanol–water partition coefficient (Wildman–Crippen LogP) is 0.771. The van der Waals surface area contributed by atoms with Crippen LogP contribution in [0.5, 0.6) is 0 Å². The molecule has 1 aliphatic rings. The predicted molar refractivity (Wildman–Crippen MR) is 75.2 cm³/mol. The van der Waals surface area contributed by atoms with Gasteiger partial charge in [-0.15, -0.1) is 5.10 Å². The smallest absolute Gasteiger partial charge is 0.329 e. The zero-order valence-corrected chi connectivity index (χ0v) is 12.4. The molecule has 2 N–H and O–H groups in total. The maximum atomic E-state index is 12.5. The van der Waals surface area contributed by atoms with Crippen LogP contribution in [0.2, 0.25) is 5.15 Å². The molecule has 112 valence electrons. The Morgan fingerprint density at radius 3 is 2.81 bits per heavy atom. The standard InChI is InChI=1S/C12H15ClN6O2/c1-6-8(9(13)18(2)17-6)7-4-3-5-19(7)11(20)10-14-12(21)16-15-10/h7H,3-5H2,1-2H3,(H2,14,15,16,21)/t7-/m1/s1. The van der Waals surface area contributed by atoms with E-state index in [4.69, 9.17) is 11.6 Å². The van der Waals surface area contributed by atoms with Crippen LogP contribution in [0.3, 0.4) is 0 Å². The Morgan fingerprint density at radius 1 is 1.48 bits per heavy atom. The molecule has 1 aliphatic heterocycles. The van der Waals surface area contributed by atoms with Crippen molar-refractivity contribution < 1.29 is 4.79 Å². The Hall–Kier alpha value is -2.09. The number of nitrogens with one attached hydrogen (secondary N) is 2. The van der Waals surface area contributed by atoms with Crippen LogP contribution in [0, 0.1) is 6.92 Å². The number of hydrogen-bond acceptors (Lipinski definition) is 4. The maximum absolute atomic E-state index is 12.5. The summed E-state index contributed by atoms with van der Waals surface area (Å²) in [6, 6.07) is -0.140. The number of carbonyl (C=O) groups excluding carboxylic acids is 1. The van der Waals surface area contributed by atoms with Gasteiger partial charge in [0, 0.05) is 19.2 Å². The molecular formula is C12H15ClN6O2. The first-order valence-electron chi connectivity index (χ1n) is 6.63. The van der Waals surface area contributed by atoms with E-state index in [2.05, 4.69) is 20.3 Å². The fourth-order valence-electron chi connectivity index (χ4n) is 2.84. The van der Waals surface area contributed by atoms with Crippen LogP contribution in [0.25, 0.3) is 0 Å². The third-order valence-corrected chi connectivity index (χ3v) is 4.20. The van der Waals surface area contributed by atoms with Gasteiger partial charge in [-0.3, -0.25) is 14.5 Å². The Kier molecular flexibility index (Phi) is 3.32. The topological polar surface area (TPSA) is 99.7 Å². The number of aromatic amines is 2. The zero-order chi connectivity index (χ0) is 15.1. The second-order valence-corrected chi connectivity index (χ2v) is 5.45. The van der Waals surface area contributed by atoms with E-state index in [9.17, 15) is 9.59 Å². The highest BCUT2D eigenvalue weighted by Gasteiger charge is 2.35. The van der Waals surface area contributed by atoms with E-state index in [0.717, 1.165) is 24.1 Å². The van der Waals surface area contributed by atoms with Crippen molar-refractivity contribution in [2.75, 3.05) is 6.54 Å². The third-order valence-electron chi connectivity index (χ3n) is 3.75. The Morgan fingerprint density at radius 2 is 2.24 bits per heavy atom. The number of nitrogens with zero attached hydrogens (tertiary/aromatic N) is 4. The summed E-state index contributed by atoms with van der Waals surface area (Å²) < 4.78 is 1.60. The van der Waals surface area contributed by atoms with Gasteiger partial charge in [0.2, 0.25) is 5.82 Å². The fraction of sp³-hybridized carbons (Fsp3) is 0.500. The highest BCUT2D eigenvalue weighted by atomic mass is 35.5. The number of halogens is 1. The quantitative estimate of drug-likeness (QED) is 0.855. The summed E-state index contributed by atoms with van der Waals surface area (Å²) in [5.74, 6) is -0.292. The molecule has 0 spiro atoms. The molecule has 0 aliphatic carbocycles. The van der Waals surface area contributed by atoms with E-state index < -0.39 is 5.69 Å². The van der Waals surface area contributed by atoms with E-state index in [1.54, 1.807) is 16.6 Å². The molecule has 0 unspecified atom stereocenters.